The lowest BCUT2D eigenvalue weighted by molar-refractivity contribution is 0.0690. The first-order valence-corrected chi connectivity index (χ1v) is 6.38. The first-order valence-electron chi connectivity index (χ1n) is 6.00. The molecule has 1 heterocycles. The van der Waals surface area contributed by atoms with Crippen molar-refractivity contribution in [1.82, 2.24) is 4.98 Å². The molecule has 0 saturated heterocycles. The van der Waals surface area contributed by atoms with Crippen LogP contribution in [0, 0.1) is 19.7 Å². The van der Waals surface area contributed by atoms with Gasteiger partial charge in [0.05, 0.1) is 16.3 Å². The number of nitrogens with one attached hydrogen (secondary N) is 2. The molecule has 0 atom stereocenters. The van der Waals surface area contributed by atoms with Gasteiger partial charge in [0.25, 0.3) is 5.91 Å². The van der Waals surface area contributed by atoms with Crippen LogP contribution in [0.1, 0.15) is 32.1 Å². The number of aromatic carboxylic acids is 1. The highest BCUT2D eigenvalue weighted by Gasteiger charge is 2.22. The van der Waals surface area contributed by atoms with E-state index in [1.165, 1.54) is 19.1 Å². The predicted molar refractivity (Wildman–Crippen MR) is 76.6 cm³/mol. The lowest BCUT2D eigenvalue weighted by atomic mass is 10.1. The summed E-state index contributed by atoms with van der Waals surface area (Å²) in [4.78, 5) is 25.9. The van der Waals surface area contributed by atoms with Crippen molar-refractivity contribution in [3.63, 3.8) is 0 Å². The maximum atomic E-state index is 13.2. The molecular formula is C14H12ClFN2O3. The molecule has 1 aromatic carbocycles. The van der Waals surface area contributed by atoms with Gasteiger partial charge in [0, 0.05) is 5.69 Å². The van der Waals surface area contributed by atoms with E-state index in [4.69, 9.17) is 16.7 Å². The zero-order chi connectivity index (χ0) is 15.7. The average molecular weight is 311 g/mol. The number of amides is 1. The van der Waals surface area contributed by atoms with Crippen molar-refractivity contribution in [2.45, 2.75) is 13.8 Å². The van der Waals surface area contributed by atoms with Crippen LogP contribution in [-0.4, -0.2) is 22.0 Å². The molecule has 5 nitrogen and oxygen atoms in total. The van der Waals surface area contributed by atoms with Crippen molar-refractivity contribution >= 4 is 29.2 Å². The van der Waals surface area contributed by atoms with E-state index in [2.05, 4.69) is 10.3 Å². The molecule has 0 aliphatic heterocycles. The number of H-pyrrole nitrogens is 1. The Balaban J connectivity index is 2.37. The molecule has 0 spiro atoms. The van der Waals surface area contributed by atoms with Crippen LogP contribution in [-0.2, 0) is 0 Å². The van der Waals surface area contributed by atoms with Crippen LogP contribution in [0.3, 0.4) is 0 Å². The maximum Gasteiger partial charge on any atom is 0.352 e. The number of anilines is 1. The Morgan fingerprint density at radius 2 is 2.00 bits per heavy atom. The molecule has 0 bridgehead atoms. The molecule has 0 radical (unpaired) electrons. The standard InChI is InChI=1S/C14H12ClFN2O3/c1-6-11(7(2)17-12(6)14(20)21)13(19)18-10-5-8(16)3-4-9(10)15/h3-5,17H,1-2H3,(H,18,19)(H,20,21). The van der Waals surface area contributed by atoms with E-state index < -0.39 is 17.7 Å². The number of aryl methyl sites for hydroxylation is 1. The number of hydrogen-bond acceptors (Lipinski definition) is 2. The summed E-state index contributed by atoms with van der Waals surface area (Å²) in [6.07, 6.45) is 0. The van der Waals surface area contributed by atoms with Crippen molar-refractivity contribution in [3.8, 4) is 0 Å². The first kappa shape index (κ1) is 15.1. The number of hydrogen-bond donors (Lipinski definition) is 3. The summed E-state index contributed by atoms with van der Waals surface area (Å²) in [7, 11) is 0. The molecule has 2 aromatic rings. The van der Waals surface area contributed by atoms with E-state index in [1.807, 2.05) is 0 Å². The fraction of sp³-hybridized carbons (Fsp3) is 0.143. The minimum Gasteiger partial charge on any atom is -0.477 e. The molecule has 0 aliphatic carbocycles. The molecule has 2 rings (SSSR count). The Hall–Kier alpha value is -2.34. The Bertz CT molecular complexity index is 740. The van der Waals surface area contributed by atoms with Gasteiger partial charge in [0.1, 0.15) is 11.5 Å². The van der Waals surface area contributed by atoms with Crippen LogP contribution in [0.5, 0.6) is 0 Å². The van der Waals surface area contributed by atoms with E-state index >= 15 is 0 Å². The van der Waals surface area contributed by atoms with Gasteiger partial charge >= 0.3 is 5.97 Å². The molecule has 21 heavy (non-hydrogen) atoms. The summed E-state index contributed by atoms with van der Waals surface area (Å²) in [5.41, 5.74) is 0.995. The lowest BCUT2D eigenvalue weighted by Crippen LogP contribution is -2.14. The van der Waals surface area contributed by atoms with Crippen LogP contribution in [0.4, 0.5) is 10.1 Å². The van der Waals surface area contributed by atoms with Crippen molar-refractivity contribution in [3.05, 3.63) is 51.6 Å². The zero-order valence-electron chi connectivity index (χ0n) is 11.3. The molecule has 3 N–H and O–H groups in total. The Morgan fingerprint density at radius 3 is 2.57 bits per heavy atom. The minimum atomic E-state index is -1.15. The Kier molecular flexibility index (Phi) is 3.99. The summed E-state index contributed by atoms with van der Waals surface area (Å²) in [5.74, 6) is -2.25. The number of carboxylic acids is 1. The second-order valence-corrected chi connectivity index (χ2v) is 4.92. The van der Waals surface area contributed by atoms with Gasteiger partial charge in [0.2, 0.25) is 0 Å². The lowest BCUT2D eigenvalue weighted by Gasteiger charge is -2.08. The molecule has 0 fully saturated rings. The second-order valence-electron chi connectivity index (χ2n) is 4.51. The van der Waals surface area contributed by atoms with E-state index in [-0.39, 0.29) is 22.0 Å². The fourth-order valence-electron chi connectivity index (χ4n) is 2.08. The Morgan fingerprint density at radius 1 is 1.33 bits per heavy atom. The van der Waals surface area contributed by atoms with Gasteiger partial charge in [-0.25, -0.2) is 9.18 Å². The number of aromatic nitrogens is 1. The number of carbonyl (C=O) groups excluding carboxylic acids is 1. The van der Waals surface area contributed by atoms with Crippen LogP contribution in [0.25, 0.3) is 0 Å². The highest BCUT2D eigenvalue weighted by atomic mass is 35.5. The quantitative estimate of drug-likeness (QED) is 0.813. The molecule has 0 aliphatic rings. The van der Waals surface area contributed by atoms with Crippen LogP contribution >= 0.6 is 11.6 Å². The van der Waals surface area contributed by atoms with Gasteiger partial charge in [-0.15, -0.1) is 0 Å². The van der Waals surface area contributed by atoms with Gasteiger partial charge in [-0.3, -0.25) is 4.79 Å². The number of rotatable bonds is 3. The molecule has 0 unspecified atom stereocenters. The summed E-state index contributed by atoms with van der Waals surface area (Å²) in [5, 5.41) is 11.7. The van der Waals surface area contributed by atoms with Crippen molar-refractivity contribution in [2.75, 3.05) is 5.32 Å². The Labute approximate surface area is 124 Å². The number of aromatic amines is 1. The normalized spacial score (nSPS) is 10.5. The smallest absolute Gasteiger partial charge is 0.352 e. The monoisotopic (exact) mass is 310 g/mol. The largest absolute Gasteiger partial charge is 0.477 e. The summed E-state index contributed by atoms with van der Waals surface area (Å²) < 4.78 is 13.2. The van der Waals surface area contributed by atoms with Crippen molar-refractivity contribution < 1.29 is 19.1 Å². The molecule has 1 amide bonds. The van der Waals surface area contributed by atoms with Crippen LogP contribution in [0.2, 0.25) is 5.02 Å². The second kappa shape index (κ2) is 5.57. The van der Waals surface area contributed by atoms with E-state index in [0.717, 1.165) is 6.07 Å². The molecule has 7 heteroatoms. The molecular weight excluding hydrogens is 299 g/mol. The zero-order valence-corrected chi connectivity index (χ0v) is 12.0. The fourth-order valence-corrected chi connectivity index (χ4v) is 2.25. The number of carboxylic acid groups (broad SMARTS) is 1. The van der Waals surface area contributed by atoms with Gasteiger partial charge in [-0.05, 0) is 37.6 Å². The maximum absolute atomic E-state index is 13.2. The highest BCUT2D eigenvalue weighted by Crippen LogP contribution is 2.25. The van der Waals surface area contributed by atoms with Crippen LogP contribution < -0.4 is 5.32 Å². The van der Waals surface area contributed by atoms with Crippen molar-refractivity contribution in [2.24, 2.45) is 0 Å². The number of benzene rings is 1. The highest BCUT2D eigenvalue weighted by molar-refractivity contribution is 6.34. The minimum absolute atomic E-state index is 0.0528. The topological polar surface area (TPSA) is 82.2 Å². The summed E-state index contributed by atoms with van der Waals surface area (Å²) in [6, 6.07) is 3.59. The molecule has 1 aromatic heterocycles. The average Bonchev–Trinajstić information content (AvgIpc) is 2.69. The third kappa shape index (κ3) is 2.90. The predicted octanol–water partition coefficient (Wildman–Crippen LogP) is 3.37. The van der Waals surface area contributed by atoms with Gasteiger partial charge in [0.15, 0.2) is 0 Å². The van der Waals surface area contributed by atoms with Crippen molar-refractivity contribution in [1.29, 1.82) is 0 Å². The first-order chi connectivity index (χ1) is 9.81. The van der Waals surface area contributed by atoms with Crippen LogP contribution in [0.15, 0.2) is 18.2 Å². The summed E-state index contributed by atoms with van der Waals surface area (Å²) in [6.45, 7) is 3.11. The third-order valence-electron chi connectivity index (χ3n) is 3.06. The number of halogens is 2. The third-order valence-corrected chi connectivity index (χ3v) is 3.38. The van der Waals surface area contributed by atoms with Gasteiger partial charge in [-0.2, -0.15) is 0 Å². The van der Waals surface area contributed by atoms with E-state index in [9.17, 15) is 14.0 Å². The summed E-state index contributed by atoms with van der Waals surface area (Å²) >= 11 is 5.88. The van der Waals surface area contributed by atoms with E-state index in [0.29, 0.717) is 11.3 Å². The van der Waals surface area contributed by atoms with Gasteiger partial charge < -0.3 is 15.4 Å². The van der Waals surface area contributed by atoms with Gasteiger partial charge in [-0.1, -0.05) is 11.6 Å². The number of carbonyl (C=O) groups is 2. The molecule has 110 valence electrons. The SMILES string of the molecule is Cc1[nH]c(C(=O)O)c(C)c1C(=O)Nc1cc(F)ccc1Cl. The molecule has 0 saturated carbocycles. The van der Waals surface area contributed by atoms with E-state index in [1.54, 1.807) is 6.92 Å².